The number of rotatable bonds is 5. The first-order valence-corrected chi connectivity index (χ1v) is 7.26. The first kappa shape index (κ1) is 16.2. The molecule has 8 heteroatoms. The largest absolute Gasteiger partial charge is 0.497 e. The Bertz CT molecular complexity index is 832. The molecule has 124 valence electrons. The fourth-order valence-corrected chi connectivity index (χ4v) is 2.11. The van der Waals surface area contributed by atoms with Gasteiger partial charge >= 0.3 is 11.3 Å². The van der Waals surface area contributed by atoms with Crippen LogP contribution in [0.15, 0.2) is 53.1 Å². The number of benzene rings is 2. The Morgan fingerprint density at radius 3 is 2.50 bits per heavy atom. The van der Waals surface area contributed by atoms with Gasteiger partial charge in [-0.15, -0.1) is 0 Å². The van der Waals surface area contributed by atoms with Gasteiger partial charge in [0.25, 0.3) is 0 Å². The van der Waals surface area contributed by atoms with Crippen LogP contribution in [-0.4, -0.2) is 17.3 Å². The average Bonchev–Trinajstić information content (AvgIpc) is 3.06. The van der Waals surface area contributed by atoms with Crippen LogP contribution in [0.4, 0.5) is 20.2 Å². The van der Waals surface area contributed by atoms with Crippen molar-refractivity contribution in [2.24, 2.45) is 0 Å². The molecule has 0 aliphatic heterocycles. The second-order valence-corrected chi connectivity index (χ2v) is 5.33. The number of hydrogen-bond acceptors (Lipinski definition) is 5. The Labute approximate surface area is 141 Å². The summed E-state index contributed by atoms with van der Waals surface area (Å²) in [6, 6.07) is 14.3. The maximum atomic E-state index is 13.0. The maximum absolute atomic E-state index is 13.0. The molecule has 3 rings (SSSR count). The van der Waals surface area contributed by atoms with Crippen molar-refractivity contribution in [3.05, 3.63) is 54.4 Å². The highest BCUT2D eigenvalue weighted by atomic mass is 35.5. The molecule has 1 aromatic heterocycles. The summed E-state index contributed by atoms with van der Waals surface area (Å²) >= 11 is 4.87. The van der Waals surface area contributed by atoms with E-state index >= 15 is 0 Å². The highest BCUT2D eigenvalue weighted by Crippen LogP contribution is 2.32. The van der Waals surface area contributed by atoms with Crippen LogP contribution in [0.25, 0.3) is 11.4 Å². The Balaban J connectivity index is 1.82. The van der Waals surface area contributed by atoms with Crippen molar-refractivity contribution < 1.29 is 18.0 Å². The van der Waals surface area contributed by atoms with Crippen LogP contribution in [0.3, 0.4) is 0 Å². The van der Waals surface area contributed by atoms with Gasteiger partial charge in [0.1, 0.15) is 5.75 Å². The number of aromatic nitrogens is 2. The zero-order valence-electron chi connectivity index (χ0n) is 12.5. The fourth-order valence-electron chi connectivity index (χ4n) is 2.03. The van der Waals surface area contributed by atoms with Crippen molar-refractivity contribution in [2.75, 3.05) is 12.4 Å². The Kier molecular flexibility index (Phi) is 4.35. The minimum atomic E-state index is -3.69. The van der Waals surface area contributed by atoms with Crippen LogP contribution in [0.5, 0.6) is 5.75 Å². The lowest BCUT2D eigenvalue weighted by Gasteiger charge is -2.08. The zero-order valence-corrected chi connectivity index (χ0v) is 13.2. The smallest absolute Gasteiger partial charge is 0.400 e. The summed E-state index contributed by atoms with van der Waals surface area (Å²) in [5, 5.41) is 3.03. The predicted octanol–water partition coefficient (Wildman–Crippen LogP) is 4.78. The molecule has 0 radical (unpaired) electrons. The molecule has 0 aliphatic carbocycles. The molecule has 0 atom stereocenters. The van der Waals surface area contributed by atoms with Gasteiger partial charge < -0.3 is 14.6 Å². The molecule has 0 spiro atoms. The van der Waals surface area contributed by atoms with E-state index in [-0.39, 0.29) is 5.82 Å². The number of methoxy groups -OCH3 is 1. The van der Waals surface area contributed by atoms with Crippen molar-refractivity contribution in [3.8, 4) is 17.1 Å². The number of ether oxygens (including phenoxy) is 1. The summed E-state index contributed by atoms with van der Waals surface area (Å²) in [6.45, 7) is 0. The van der Waals surface area contributed by atoms with Gasteiger partial charge in [-0.25, -0.2) is 0 Å². The van der Waals surface area contributed by atoms with Crippen LogP contribution in [-0.2, 0) is 5.38 Å². The molecular formula is C16H12ClF2N3O2. The summed E-state index contributed by atoms with van der Waals surface area (Å²) in [6.07, 6.45) is 0. The van der Waals surface area contributed by atoms with E-state index in [4.69, 9.17) is 16.3 Å². The molecule has 2 aromatic carbocycles. The lowest BCUT2D eigenvalue weighted by atomic mass is 10.2. The standard InChI is InChI=1S/C16H12ClF2N3O2/c1-23-13-7-5-11(6-8-13)20-12-4-2-3-10(9-12)14-21-15(24-22-14)16(17,18)19/h2-9,20H,1H3. The van der Waals surface area contributed by atoms with Crippen LogP contribution in [0, 0.1) is 0 Å². The topological polar surface area (TPSA) is 60.2 Å². The van der Waals surface area contributed by atoms with E-state index in [1.807, 2.05) is 30.3 Å². The molecule has 1 heterocycles. The molecule has 0 amide bonds. The number of alkyl halides is 3. The third-order valence-electron chi connectivity index (χ3n) is 3.17. The second kappa shape index (κ2) is 6.45. The van der Waals surface area contributed by atoms with E-state index in [9.17, 15) is 8.78 Å². The SMILES string of the molecule is COc1ccc(Nc2cccc(-c3noc(C(F)(F)Cl)n3)c2)cc1. The first-order chi connectivity index (χ1) is 11.5. The van der Waals surface area contributed by atoms with Gasteiger partial charge in [0, 0.05) is 16.9 Å². The third-order valence-corrected chi connectivity index (χ3v) is 3.33. The van der Waals surface area contributed by atoms with Crippen molar-refractivity contribution >= 4 is 23.0 Å². The van der Waals surface area contributed by atoms with Crippen LogP contribution >= 0.6 is 11.6 Å². The van der Waals surface area contributed by atoms with Crippen molar-refractivity contribution in [3.63, 3.8) is 0 Å². The van der Waals surface area contributed by atoms with Gasteiger partial charge in [-0.2, -0.15) is 13.8 Å². The molecule has 0 aliphatic rings. The lowest BCUT2D eigenvalue weighted by Crippen LogP contribution is -2.03. The summed E-state index contributed by atoms with van der Waals surface area (Å²) in [5.74, 6) is -0.160. The summed E-state index contributed by atoms with van der Waals surface area (Å²) in [7, 11) is 1.59. The van der Waals surface area contributed by atoms with E-state index in [1.54, 1.807) is 25.3 Å². The highest BCUT2D eigenvalue weighted by Gasteiger charge is 2.35. The van der Waals surface area contributed by atoms with Crippen molar-refractivity contribution in [1.82, 2.24) is 10.1 Å². The zero-order chi connectivity index (χ0) is 17.2. The monoisotopic (exact) mass is 351 g/mol. The molecule has 0 saturated carbocycles. The van der Waals surface area contributed by atoms with Crippen LogP contribution in [0.1, 0.15) is 5.89 Å². The molecule has 0 unspecified atom stereocenters. The molecular weight excluding hydrogens is 340 g/mol. The molecule has 3 aromatic rings. The van der Waals surface area contributed by atoms with Gasteiger partial charge in [0.05, 0.1) is 7.11 Å². The number of nitrogens with zero attached hydrogens (tertiary/aromatic N) is 2. The van der Waals surface area contributed by atoms with Gasteiger partial charge in [-0.05, 0) is 48.0 Å². The Hall–Kier alpha value is -2.67. The van der Waals surface area contributed by atoms with E-state index in [0.29, 0.717) is 5.56 Å². The molecule has 0 fully saturated rings. The molecule has 0 bridgehead atoms. The van der Waals surface area contributed by atoms with Crippen molar-refractivity contribution in [1.29, 1.82) is 0 Å². The maximum Gasteiger partial charge on any atom is 0.400 e. The quantitative estimate of drug-likeness (QED) is 0.670. The highest BCUT2D eigenvalue weighted by molar-refractivity contribution is 6.21. The predicted molar refractivity (Wildman–Crippen MR) is 85.8 cm³/mol. The summed E-state index contributed by atoms with van der Waals surface area (Å²) in [4.78, 5) is 3.62. The van der Waals surface area contributed by atoms with Gasteiger partial charge in [-0.1, -0.05) is 17.3 Å². The lowest BCUT2D eigenvalue weighted by molar-refractivity contribution is 0.0551. The number of halogens is 3. The van der Waals surface area contributed by atoms with E-state index in [1.165, 1.54) is 0 Å². The minimum absolute atomic E-state index is 0.0312. The fraction of sp³-hybridized carbons (Fsp3) is 0.125. The summed E-state index contributed by atoms with van der Waals surface area (Å²) in [5.41, 5.74) is 2.10. The normalized spacial score (nSPS) is 11.3. The van der Waals surface area contributed by atoms with Crippen LogP contribution in [0.2, 0.25) is 0 Å². The molecule has 5 nitrogen and oxygen atoms in total. The minimum Gasteiger partial charge on any atom is -0.497 e. The average molecular weight is 352 g/mol. The second-order valence-electron chi connectivity index (χ2n) is 4.86. The number of nitrogens with one attached hydrogen (secondary N) is 1. The van der Waals surface area contributed by atoms with Crippen LogP contribution < -0.4 is 10.1 Å². The van der Waals surface area contributed by atoms with E-state index in [2.05, 4.69) is 20.0 Å². The summed E-state index contributed by atoms with van der Waals surface area (Å²) < 4.78 is 35.5. The van der Waals surface area contributed by atoms with E-state index < -0.39 is 11.3 Å². The van der Waals surface area contributed by atoms with Gasteiger partial charge in [-0.3, -0.25) is 0 Å². The number of hydrogen-bond donors (Lipinski definition) is 1. The molecule has 24 heavy (non-hydrogen) atoms. The first-order valence-electron chi connectivity index (χ1n) is 6.88. The van der Waals surface area contributed by atoms with Gasteiger partial charge in [0.15, 0.2) is 0 Å². The Morgan fingerprint density at radius 2 is 1.88 bits per heavy atom. The number of anilines is 2. The van der Waals surface area contributed by atoms with E-state index in [0.717, 1.165) is 17.1 Å². The van der Waals surface area contributed by atoms with Crippen molar-refractivity contribution in [2.45, 2.75) is 5.38 Å². The molecule has 0 saturated heterocycles. The van der Waals surface area contributed by atoms with Gasteiger partial charge in [0.2, 0.25) is 5.82 Å². The Morgan fingerprint density at radius 1 is 1.12 bits per heavy atom. The molecule has 1 N–H and O–H groups in total. The third kappa shape index (κ3) is 3.62.